The molecule has 0 aromatic heterocycles. The number of hydrogen-bond acceptors (Lipinski definition) is 4. The van der Waals surface area contributed by atoms with Gasteiger partial charge >= 0.3 is 5.97 Å². The second-order valence-electron chi connectivity index (χ2n) is 8.83. The van der Waals surface area contributed by atoms with E-state index in [0.29, 0.717) is 42.7 Å². The second-order valence-corrected chi connectivity index (χ2v) is 8.83. The van der Waals surface area contributed by atoms with Gasteiger partial charge in [-0.25, -0.2) is 4.39 Å². The maximum atomic E-state index is 15.0. The van der Waals surface area contributed by atoms with E-state index < -0.39 is 12.0 Å². The molecule has 1 saturated carbocycles. The van der Waals surface area contributed by atoms with Gasteiger partial charge in [-0.3, -0.25) is 9.69 Å². The molecule has 6 heteroatoms. The highest BCUT2D eigenvalue weighted by molar-refractivity contribution is 5.74. The first kappa shape index (κ1) is 19.1. The molecule has 5 nitrogen and oxygen atoms in total. The van der Waals surface area contributed by atoms with Crippen molar-refractivity contribution >= 4 is 5.97 Å². The van der Waals surface area contributed by atoms with Crippen molar-refractivity contribution in [3.8, 4) is 5.75 Å². The highest BCUT2D eigenvalue weighted by Gasteiger charge is 2.51. The van der Waals surface area contributed by atoms with Gasteiger partial charge in [0.2, 0.25) is 0 Å². The van der Waals surface area contributed by atoms with Crippen LogP contribution in [-0.4, -0.2) is 41.4 Å². The van der Waals surface area contributed by atoms with Crippen LogP contribution in [0.1, 0.15) is 68.1 Å². The molecule has 2 aliphatic heterocycles. The Kier molecular flexibility index (Phi) is 5.08. The number of likely N-dealkylation sites (tertiary alicyclic amines) is 1. The van der Waals surface area contributed by atoms with Gasteiger partial charge in [0.1, 0.15) is 29.9 Å². The number of carboxylic acid groups (broad SMARTS) is 1. The van der Waals surface area contributed by atoms with E-state index >= 15 is 0 Å². The first-order valence-corrected chi connectivity index (χ1v) is 10.9. The Bertz CT molecular complexity index is 821. The van der Waals surface area contributed by atoms with E-state index in [1.54, 1.807) is 0 Å². The van der Waals surface area contributed by atoms with Gasteiger partial charge in [0, 0.05) is 18.2 Å². The number of ether oxygens (including phenoxy) is 2. The third-order valence-corrected chi connectivity index (χ3v) is 6.68. The van der Waals surface area contributed by atoms with Gasteiger partial charge in [0.05, 0.1) is 6.61 Å². The molecule has 2 heterocycles. The highest BCUT2D eigenvalue weighted by Crippen LogP contribution is 2.50. The minimum Gasteiger partial charge on any atom is -0.493 e. The molecule has 4 atom stereocenters. The van der Waals surface area contributed by atoms with Crippen LogP contribution < -0.4 is 4.74 Å². The molecule has 2 aliphatic carbocycles. The van der Waals surface area contributed by atoms with Crippen LogP contribution in [-0.2, 0) is 9.53 Å². The van der Waals surface area contributed by atoms with Crippen LogP contribution in [0.4, 0.5) is 4.39 Å². The fourth-order valence-corrected chi connectivity index (χ4v) is 4.80. The fourth-order valence-electron chi connectivity index (χ4n) is 4.80. The molecule has 29 heavy (non-hydrogen) atoms. The summed E-state index contributed by atoms with van der Waals surface area (Å²) in [4.78, 5) is 13.3. The first-order chi connectivity index (χ1) is 14.1. The monoisotopic (exact) mass is 401 g/mol. The van der Waals surface area contributed by atoms with Crippen molar-refractivity contribution in [2.24, 2.45) is 5.92 Å². The largest absolute Gasteiger partial charge is 0.493 e. The van der Waals surface area contributed by atoms with E-state index in [1.807, 2.05) is 11.0 Å². The van der Waals surface area contributed by atoms with Crippen molar-refractivity contribution in [1.29, 1.82) is 0 Å². The molecular weight excluding hydrogens is 373 g/mol. The lowest BCUT2D eigenvalue weighted by molar-refractivity contribution is -0.142. The molecule has 0 bridgehead atoms. The smallest absolute Gasteiger partial charge is 0.320 e. The van der Waals surface area contributed by atoms with Gasteiger partial charge in [-0.05, 0) is 68.4 Å². The van der Waals surface area contributed by atoms with Gasteiger partial charge in [0.25, 0.3) is 0 Å². The Morgan fingerprint density at radius 3 is 2.79 bits per heavy atom. The first-order valence-electron chi connectivity index (χ1n) is 10.9. The Hall–Kier alpha value is -1.92. The number of epoxide rings is 1. The molecule has 156 valence electrons. The van der Waals surface area contributed by atoms with Crippen LogP contribution in [0.15, 0.2) is 24.3 Å². The minimum atomic E-state index is -0.822. The number of rotatable bonds is 7. The van der Waals surface area contributed by atoms with Crippen molar-refractivity contribution < 1.29 is 23.8 Å². The number of carbonyl (C=O) groups is 1. The molecule has 2 saturated heterocycles. The van der Waals surface area contributed by atoms with Crippen LogP contribution in [0.3, 0.4) is 0 Å². The molecule has 5 rings (SSSR count). The zero-order chi connectivity index (χ0) is 20.0. The number of benzene rings is 1. The Balaban J connectivity index is 1.32. The van der Waals surface area contributed by atoms with Crippen LogP contribution in [0.2, 0.25) is 0 Å². The Morgan fingerprint density at radius 2 is 2.07 bits per heavy atom. The normalized spacial score (nSPS) is 31.8. The molecule has 0 spiro atoms. The Labute approximate surface area is 170 Å². The van der Waals surface area contributed by atoms with Crippen molar-refractivity contribution in [2.75, 3.05) is 13.2 Å². The molecule has 1 N–H and O–H groups in total. The summed E-state index contributed by atoms with van der Waals surface area (Å²) in [5.41, 5.74) is 1.62. The summed E-state index contributed by atoms with van der Waals surface area (Å²) in [5.74, 6) is 0.467. The maximum absolute atomic E-state index is 15.0. The lowest BCUT2D eigenvalue weighted by atomic mass is 9.95. The summed E-state index contributed by atoms with van der Waals surface area (Å²) in [7, 11) is 0. The van der Waals surface area contributed by atoms with Gasteiger partial charge in [-0.2, -0.15) is 0 Å². The third kappa shape index (κ3) is 3.92. The number of hydrogen-bond donors (Lipinski definition) is 1. The molecule has 3 unspecified atom stereocenters. The van der Waals surface area contributed by atoms with Crippen molar-refractivity contribution in [1.82, 2.24) is 4.90 Å². The zero-order valence-electron chi connectivity index (χ0n) is 16.6. The Morgan fingerprint density at radius 1 is 1.21 bits per heavy atom. The minimum absolute atomic E-state index is 0.313. The number of carboxylic acids is 1. The molecule has 3 fully saturated rings. The van der Waals surface area contributed by atoms with Crippen molar-refractivity contribution in [2.45, 2.75) is 69.2 Å². The topological polar surface area (TPSA) is 62.3 Å². The number of nitrogens with zero attached hydrogens (tertiary/aromatic N) is 1. The number of halogens is 1. The van der Waals surface area contributed by atoms with E-state index in [1.165, 1.54) is 6.07 Å². The average molecular weight is 401 g/mol. The molecule has 1 aromatic rings. The summed E-state index contributed by atoms with van der Waals surface area (Å²) in [6, 6.07) is 2.92. The molecular formula is C23H28FNO4. The van der Waals surface area contributed by atoms with E-state index in [2.05, 4.69) is 12.2 Å². The molecule has 0 radical (unpaired) electrons. The van der Waals surface area contributed by atoms with Gasteiger partial charge < -0.3 is 14.6 Å². The van der Waals surface area contributed by atoms with Crippen LogP contribution in [0.5, 0.6) is 5.75 Å². The van der Waals surface area contributed by atoms with Gasteiger partial charge in [-0.15, -0.1) is 0 Å². The van der Waals surface area contributed by atoms with E-state index in [4.69, 9.17) is 9.47 Å². The van der Waals surface area contributed by atoms with Gasteiger partial charge in [0.15, 0.2) is 0 Å². The third-order valence-electron chi connectivity index (χ3n) is 6.68. The van der Waals surface area contributed by atoms with Crippen molar-refractivity contribution in [3.05, 3.63) is 41.2 Å². The van der Waals surface area contributed by atoms with Crippen LogP contribution in [0.25, 0.3) is 0 Å². The van der Waals surface area contributed by atoms with E-state index in [0.717, 1.165) is 44.1 Å². The second kappa shape index (κ2) is 7.73. The lowest BCUT2D eigenvalue weighted by Crippen LogP contribution is -2.38. The number of allylic oxidation sites excluding steroid dienone is 2. The zero-order valence-corrected chi connectivity index (χ0v) is 16.6. The quantitative estimate of drug-likeness (QED) is 0.543. The summed E-state index contributed by atoms with van der Waals surface area (Å²) >= 11 is 0. The van der Waals surface area contributed by atoms with Crippen molar-refractivity contribution in [3.63, 3.8) is 0 Å². The van der Waals surface area contributed by atoms with Crippen LogP contribution in [0, 0.1) is 11.7 Å². The predicted octanol–water partition coefficient (Wildman–Crippen LogP) is 4.38. The standard InChI is InChI=1S/C23H28FNO4/c24-18-12-20(28-13-14-5-2-1-3-6-14)16(15-8-9-15)11-17(18)21-22(29-21)25-10-4-7-19(25)23(26)27/h1-2,11-12,14-15,19,21-22H,3-10,13H2,(H,26,27)/t14?,19-,21?,22?/m0/s1. The molecule has 4 aliphatic rings. The van der Waals surface area contributed by atoms with Gasteiger partial charge in [-0.1, -0.05) is 12.2 Å². The summed E-state index contributed by atoms with van der Waals surface area (Å²) in [5, 5.41) is 9.41. The summed E-state index contributed by atoms with van der Waals surface area (Å²) in [6.07, 6.45) is 10.6. The summed E-state index contributed by atoms with van der Waals surface area (Å²) in [6.45, 7) is 1.31. The lowest BCUT2D eigenvalue weighted by Gasteiger charge is -2.20. The SMILES string of the molecule is O=C(O)[C@@H]1CCCN1C1OC1c1cc(C2CC2)c(OCC2CC=CCC2)cc1F. The van der Waals surface area contributed by atoms with E-state index in [-0.39, 0.29) is 18.1 Å². The molecule has 1 aromatic carbocycles. The number of aliphatic carboxylic acids is 1. The summed E-state index contributed by atoms with van der Waals surface area (Å²) < 4.78 is 26.8. The van der Waals surface area contributed by atoms with Crippen LogP contribution >= 0.6 is 0 Å². The maximum Gasteiger partial charge on any atom is 0.320 e. The predicted molar refractivity (Wildman–Crippen MR) is 105 cm³/mol. The van der Waals surface area contributed by atoms with E-state index in [9.17, 15) is 14.3 Å². The fraction of sp³-hybridized carbons (Fsp3) is 0.609. The molecule has 0 amide bonds. The highest BCUT2D eigenvalue weighted by atomic mass is 19.1. The average Bonchev–Trinajstić information content (AvgIpc) is 3.65.